The van der Waals surface area contributed by atoms with Crippen molar-refractivity contribution in [3.8, 4) is 34.0 Å². The summed E-state index contributed by atoms with van der Waals surface area (Å²) in [5, 5.41) is 14.5. The van der Waals surface area contributed by atoms with Crippen molar-refractivity contribution in [3.05, 3.63) is 82.2 Å². The van der Waals surface area contributed by atoms with Gasteiger partial charge in [0, 0.05) is 18.2 Å². The molecular weight excluding hydrogens is 447 g/mol. The molecule has 1 aliphatic rings. The van der Waals surface area contributed by atoms with E-state index in [2.05, 4.69) is 20.3 Å². The molecule has 2 aromatic heterocycles. The number of aromatic nitrogens is 3. The number of aromatic amines is 1. The van der Waals surface area contributed by atoms with E-state index in [1.807, 2.05) is 0 Å². The Kier molecular flexibility index (Phi) is 5.48. The standard InChI is InChI=1S/C24H18F3N5O2/c25-15-8-6-14(7-9-15)21-22(31-24(30-21)20-16(26)2-1-3-17(20)27)18-10-11-19(32(33)34)23(29-18)28-12-13-4-5-13/h1-3,6-11,13H,4-5,12H2,(H,28,29)(H,30,31). The van der Waals surface area contributed by atoms with Gasteiger partial charge in [0.05, 0.1) is 27.6 Å². The third-order valence-corrected chi connectivity index (χ3v) is 5.60. The normalized spacial score (nSPS) is 13.1. The summed E-state index contributed by atoms with van der Waals surface area (Å²) in [7, 11) is 0. The van der Waals surface area contributed by atoms with Gasteiger partial charge in [-0.3, -0.25) is 10.1 Å². The Morgan fingerprint density at radius 1 is 1.00 bits per heavy atom. The predicted octanol–water partition coefficient (Wildman–Crippen LogP) is 5.95. The molecule has 7 nitrogen and oxygen atoms in total. The monoisotopic (exact) mass is 465 g/mol. The molecule has 5 rings (SSSR count). The molecule has 2 heterocycles. The van der Waals surface area contributed by atoms with Crippen LogP contribution in [0.15, 0.2) is 54.6 Å². The lowest BCUT2D eigenvalue weighted by molar-refractivity contribution is -0.384. The molecule has 1 fully saturated rings. The van der Waals surface area contributed by atoms with Gasteiger partial charge in [0.25, 0.3) is 0 Å². The van der Waals surface area contributed by atoms with E-state index in [-0.39, 0.29) is 40.0 Å². The van der Waals surface area contributed by atoms with Gasteiger partial charge in [0.2, 0.25) is 5.82 Å². The quantitative estimate of drug-likeness (QED) is 0.260. The molecule has 1 saturated carbocycles. The van der Waals surface area contributed by atoms with Gasteiger partial charge >= 0.3 is 5.69 Å². The summed E-state index contributed by atoms with van der Waals surface area (Å²) in [4.78, 5) is 22.7. The molecule has 2 N–H and O–H groups in total. The van der Waals surface area contributed by atoms with Crippen LogP contribution in [0.4, 0.5) is 24.7 Å². The largest absolute Gasteiger partial charge is 0.364 e. The second kappa shape index (κ2) is 8.62. The minimum absolute atomic E-state index is 0.0856. The van der Waals surface area contributed by atoms with Gasteiger partial charge in [-0.05, 0) is 61.2 Å². The van der Waals surface area contributed by atoms with Crippen LogP contribution >= 0.6 is 0 Å². The van der Waals surface area contributed by atoms with E-state index in [0.29, 0.717) is 18.0 Å². The van der Waals surface area contributed by atoms with Gasteiger partial charge < -0.3 is 10.3 Å². The van der Waals surface area contributed by atoms with E-state index in [9.17, 15) is 23.3 Å². The molecule has 0 amide bonds. The SMILES string of the molecule is O=[N+]([O-])c1ccc(-c2[nH]c(-c3c(F)cccc3F)nc2-c2ccc(F)cc2)nc1NCC1CC1. The second-order valence-electron chi connectivity index (χ2n) is 8.06. The minimum atomic E-state index is -0.811. The molecule has 34 heavy (non-hydrogen) atoms. The molecule has 172 valence electrons. The highest BCUT2D eigenvalue weighted by Gasteiger charge is 2.25. The number of H-pyrrole nitrogens is 1. The molecule has 0 spiro atoms. The highest BCUT2D eigenvalue weighted by Crippen LogP contribution is 2.36. The first-order chi connectivity index (χ1) is 16.4. The average Bonchev–Trinajstić information content (AvgIpc) is 3.55. The zero-order chi connectivity index (χ0) is 23.8. The van der Waals surface area contributed by atoms with E-state index in [0.717, 1.165) is 25.0 Å². The second-order valence-corrected chi connectivity index (χ2v) is 8.06. The molecule has 10 heteroatoms. The van der Waals surface area contributed by atoms with Crippen LogP contribution in [-0.2, 0) is 0 Å². The number of nitro groups is 1. The summed E-state index contributed by atoms with van der Waals surface area (Å²) in [6, 6.07) is 11.7. The first kappa shape index (κ1) is 21.6. The molecule has 2 aromatic carbocycles. The van der Waals surface area contributed by atoms with Crippen LogP contribution in [-0.4, -0.2) is 26.4 Å². The van der Waals surface area contributed by atoms with Crippen LogP contribution in [0.1, 0.15) is 12.8 Å². The van der Waals surface area contributed by atoms with Gasteiger partial charge in [-0.25, -0.2) is 23.1 Å². The smallest absolute Gasteiger partial charge is 0.311 e. The average molecular weight is 465 g/mol. The molecule has 0 unspecified atom stereocenters. The molecule has 4 aromatic rings. The predicted molar refractivity (Wildman–Crippen MR) is 120 cm³/mol. The number of nitrogens with one attached hydrogen (secondary N) is 2. The molecular formula is C24H18F3N5O2. The Balaban J connectivity index is 1.66. The molecule has 0 saturated heterocycles. The third-order valence-electron chi connectivity index (χ3n) is 5.60. The van der Waals surface area contributed by atoms with Crippen molar-refractivity contribution in [2.75, 3.05) is 11.9 Å². The maximum atomic E-state index is 14.5. The number of hydrogen-bond acceptors (Lipinski definition) is 5. The number of halogens is 3. The third kappa shape index (κ3) is 4.21. The van der Waals surface area contributed by atoms with Crippen molar-refractivity contribution < 1.29 is 18.1 Å². The minimum Gasteiger partial charge on any atom is -0.364 e. The van der Waals surface area contributed by atoms with E-state index in [1.165, 1.54) is 42.5 Å². The highest BCUT2D eigenvalue weighted by atomic mass is 19.1. The van der Waals surface area contributed by atoms with Crippen molar-refractivity contribution in [2.45, 2.75) is 12.8 Å². The fourth-order valence-corrected chi connectivity index (χ4v) is 3.65. The van der Waals surface area contributed by atoms with Crippen molar-refractivity contribution in [1.29, 1.82) is 0 Å². The topological polar surface area (TPSA) is 96.7 Å². The van der Waals surface area contributed by atoms with Crippen molar-refractivity contribution >= 4 is 11.5 Å². The van der Waals surface area contributed by atoms with Gasteiger partial charge in [-0.2, -0.15) is 0 Å². The summed E-state index contributed by atoms with van der Waals surface area (Å²) in [6.07, 6.45) is 2.10. The number of anilines is 1. The van der Waals surface area contributed by atoms with Crippen LogP contribution < -0.4 is 5.32 Å². The van der Waals surface area contributed by atoms with Gasteiger partial charge in [0.1, 0.15) is 23.3 Å². The molecule has 0 radical (unpaired) electrons. The zero-order valence-electron chi connectivity index (χ0n) is 17.7. The Morgan fingerprint density at radius 2 is 1.71 bits per heavy atom. The van der Waals surface area contributed by atoms with Gasteiger partial charge in [0.15, 0.2) is 0 Å². The van der Waals surface area contributed by atoms with E-state index in [4.69, 9.17) is 0 Å². The Morgan fingerprint density at radius 3 is 2.35 bits per heavy atom. The highest BCUT2D eigenvalue weighted by molar-refractivity contribution is 5.81. The number of imidazole rings is 1. The van der Waals surface area contributed by atoms with Gasteiger partial charge in [-0.1, -0.05) is 6.07 Å². The lowest BCUT2D eigenvalue weighted by atomic mass is 10.1. The first-order valence-corrected chi connectivity index (χ1v) is 10.6. The van der Waals surface area contributed by atoms with Crippen LogP contribution in [0.3, 0.4) is 0 Å². The molecule has 0 atom stereocenters. The Hall–Kier alpha value is -4.21. The number of pyridine rings is 1. The number of benzene rings is 2. The summed E-state index contributed by atoms with van der Waals surface area (Å²) >= 11 is 0. The van der Waals surface area contributed by atoms with Crippen molar-refractivity contribution in [3.63, 3.8) is 0 Å². The summed E-state index contributed by atoms with van der Waals surface area (Å²) in [5.74, 6) is -1.63. The fraction of sp³-hybridized carbons (Fsp3) is 0.167. The van der Waals surface area contributed by atoms with Crippen molar-refractivity contribution in [2.24, 2.45) is 5.92 Å². The van der Waals surface area contributed by atoms with Crippen LogP contribution in [0.2, 0.25) is 0 Å². The first-order valence-electron chi connectivity index (χ1n) is 10.6. The summed E-state index contributed by atoms with van der Waals surface area (Å²) in [6.45, 7) is 0.552. The van der Waals surface area contributed by atoms with Gasteiger partial charge in [-0.15, -0.1) is 0 Å². The summed E-state index contributed by atoms with van der Waals surface area (Å²) < 4.78 is 42.5. The molecule has 1 aliphatic carbocycles. The summed E-state index contributed by atoms with van der Waals surface area (Å²) in [5.41, 5.74) is 0.765. The van der Waals surface area contributed by atoms with Crippen molar-refractivity contribution in [1.82, 2.24) is 15.0 Å². The lowest BCUT2D eigenvalue weighted by Crippen LogP contribution is -2.08. The maximum absolute atomic E-state index is 14.5. The number of rotatable bonds is 7. The van der Waals surface area contributed by atoms with E-state index >= 15 is 0 Å². The Labute approximate surface area is 191 Å². The van der Waals surface area contributed by atoms with Crippen LogP contribution in [0, 0.1) is 33.5 Å². The number of hydrogen-bond donors (Lipinski definition) is 2. The van der Waals surface area contributed by atoms with Crippen LogP contribution in [0.5, 0.6) is 0 Å². The van der Waals surface area contributed by atoms with Crippen LogP contribution in [0.25, 0.3) is 34.0 Å². The molecule has 0 aliphatic heterocycles. The lowest BCUT2D eigenvalue weighted by Gasteiger charge is -2.08. The number of nitrogens with zero attached hydrogens (tertiary/aromatic N) is 3. The van der Waals surface area contributed by atoms with E-state index in [1.54, 1.807) is 0 Å². The Bertz CT molecular complexity index is 1360. The molecule has 0 bridgehead atoms. The zero-order valence-corrected chi connectivity index (χ0v) is 17.7. The maximum Gasteiger partial charge on any atom is 0.311 e. The fourth-order valence-electron chi connectivity index (χ4n) is 3.65. The van der Waals surface area contributed by atoms with E-state index < -0.39 is 22.4 Å².